The number of benzene rings is 1. The van der Waals surface area contributed by atoms with Gasteiger partial charge in [0.25, 0.3) is 0 Å². The Morgan fingerprint density at radius 3 is 2.29 bits per heavy atom. The van der Waals surface area contributed by atoms with Gasteiger partial charge >= 0.3 is 0 Å². The minimum Gasteiger partial charge on any atom is -0.391 e. The zero-order valence-electron chi connectivity index (χ0n) is 19.5. The normalized spacial score (nSPS) is 10.7. The van der Waals surface area contributed by atoms with Gasteiger partial charge in [-0.15, -0.1) is 0 Å². The summed E-state index contributed by atoms with van der Waals surface area (Å²) >= 11 is 0. The number of hydrogen-bond donors (Lipinski definition) is 4. The molecule has 31 heavy (non-hydrogen) atoms. The van der Waals surface area contributed by atoms with Crippen LogP contribution in [-0.4, -0.2) is 29.6 Å². The molecule has 5 nitrogen and oxygen atoms in total. The maximum Gasteiger partial charge on any atom is 0.0545 e. The molecule has 2 aromatic heterocycles. The maximum atomic E-state index is 3.85. The van der Waals surface area contributed by atoms with Crippen molar-refractivity contribution in [2.24, 2.45) is 0 Å². The Morgan fingerprint density at radius 1 is 1.00 bits per heavy atom. The average molecular weight is 422 g/mol. The fraction of sp³-hybridized carbons (Fsp3) is 0.346. The van der Waals surface area contributed by atoms with Gasteiger partial charge in [0.2, 0.25) is 0 Å². The molecule has 168 valence electrons. The lowest BCUT2D eigenvalue weighted by atomic mass is 10.2. The predicted octanol–water partition coefficient (Wildman–Crippen LogP) is 5.21. The number of hydrogen-bond acceptors (Lipinski definition) is 4. The predicted molar refractivity (Wildman–Crippen MR) is 135 cm³/mol. The van der Waals surface area contributed by atoms with E-state index in [2.05, 4.69) is 77.2 Å². The number of aromatic nitrogens is 2. The summed E-state index contributed by atoms with van der Waals surface area (Å²) in [6, 6.07) is 13.2. The molecule has 0 fully saturated rings. The molecule has 1 atom stereocenters. The van der Waals surface area contributed by atoms with Gasteiger partial charge in [0.1, 0.15) is 0 Å². The van der Waals surface area contributed by atoms with Crippen LogP contribution in [0.4, 0.5) is 0 Å². The molecule has 0 saturated carbocycles. The molecule has 4 N–H and O–H groups in total. The van der Waals surface area contributed by atoms with E-state index >= 15 is 0 Å². The fourth-order valence-electron chi connectivity index (χ4n) is 2.77. The molecule has 0 bridgehead atoms. The summed E-state index contributed by atoms with van der Waals surface area (Å²) in [6.45, 7) is 15.4. The molecule has 0 spiro atoms. The molecule has 0 amide bonds. The van der Waals surface area contributed by atoms with E-state index in [1.54, 1.807) is 24.8 Å². The highest BCUT2D eigenvalue weighted by Gasteiger charge is 1.99. The van der Waals surface area contributed by atoms with E-state index in [4.69, 9.17) is 0 Å². The quantitative estimate of drug-likeness (QED) is 0.358. The van der Waals surface area contributed by atoms with Gasteiger partial charge in [0.05, 0.1) is 6.54 Å². The Balaban J connectivity index is 0.000000248. The number of aromatic amines is 1. The smallest absolute Gasteiger partial charge is 0.0545 e. The minimum absolute atomic E-state index is 0.631. The summed E-state index contributed by atoms with van der Waals surface area (Å²) in [5.41, 5.74) is 4.93. The third kappa shape index (κ3) is 11.6. The van der Waals surface area contributed by atoms with Gasteiger partial charge in [0.15, 0.2) is 0 Å². The van der Waals surface area contributed by atoms with Crippen LogP contribution in [-0.2, 0) is 6.54 Å². The number of aryl methyl sites for hydroxylation is 2. The highest BCUT2D eigenvalue weighted by Crippen LogP contribution is 2.16. The Bertz CT molecular complexity index is 870. The lowest BCUT2D eigenvalue weighted by Crippen LogP contribution is -2.22. The first-order valence-electron chi connectivity index (χ1n) is 10.8. The maximum absolute atomic E-state index is 3.85. The van der Waals surface area contributed by atoms with Gasteiger partial charge in [-0.3, -0.25) is 4.98 Å². The second-order valence-corrected chi connectivity index (χ2v) is 7.49. The molecule has 0 aliphatic heterocycles. The molecule has 2 heterocycles. The van der Waals surface area contributed by atoms with Gasteiger partial charge in [-0.1, -0.05) is 24.8 Å². The van der Waals surface area contributed by atoms with Crippen LogP contribution in [0, 0.1) is 13.8 Å². The summed E-state index contributed by atoms with van der Waals surface area (Å²) in [5.74, 6) is 0. The second-order valence-electron chi connectivity index (χ2n) is 7.49. The molecule has 1 unspecified atom stereocenters. The molecular formula is C26H39N5. The highest BCUT2D eigenvalue weighted by molar-refractivity contribution is 5.81. The Kier molecular flexibility index (Phi) is 13.2. The first-order valence-corrected chi connectivity index (χ1v) is 10.8. The van der Waals surface area contributed by atoms with Crippen LogP contribution < -0.4 is 16.0 Å². The van der Waals surface area contributed by atoms with E-state index in [1.807, 2.05) is 26.1 Å². The fourth-order valence-corrected chi connectivity index (χ4v) is 2.77. The lowest BCUT2D eigenvalue weighted by Gasteiger charge is -2.08. The Morgan fingerprint density at radius 2 is 1.71 bits per heavy atom. The van der Waals surface area contributed by atoms with Crippen LogP contribution in [0.2, 0.25) is 0 Å². The van der Waals surface area contributed by atoms with E-state index < -0.39 is 0 Å². The second kappa shape index (κ2) is 15.7. The first-order chi connectivity index (χ1) is 15.0. The van der Waals surface area contributed by atoms with Gasteiger partial charge in [-0.25, -0.2) is 0 Å². The van der Waals surface area contributed by atoms with Crippen molar-refractivity contribution in [1.29, 1.82) is 0 Å². The van der Waals surface area contributed by atoms with Crippen molar-refractivity contribution in [2.45, 2.75) is 46.2 Å². The molecule has 0 aliphatic rings. The van der Waals surface area contributed by atoms with Gasteiger partial charge in [-0.05, 0) is 94.3 Å². The first kappa shape index (κ1) is 26.0. The van der Waals surface area contributed by atoms with Crippen molar-refractivity contribution in [2.75, 3.05) is 13.6 Å². The summed E-state index contributed by atoms with van der Waals surface area (Å²) in [6.07, 6.45) is 9.44. The van der Waals surface area contributed by atoms with Crippen LogP contribution in [0.15, 0.2) is 74.3 Å². The standard InChI is InChI=1S/C12H14N2.C8H18N2.C6H7N/c1-3-13-8-11-7-10-6-9(2)4-5-12(10)14-11;1-4-10-7-5-6-8(2)9-3;1-6-2-4-7-5-3-6/h3-7,13-14H,1,8H2,2H3;4,8-10H,1,5-7H2,2-3H3;2-5H,1H3. The van der Waals surface area contributed by atoms with Crippen molar-refractivity contribution in [3.8, 4) is 0 Å². The number of rotatable bonds is 9. The van der Waals surface area contributed by atoms with E-state index in [-0.39, 0.29) is 0 Å². The Hall–Kier alpha value is -3.05. The van der Waals surface area contributed by atoms with E-state index in [0.29, 0.717) is 6.04 Å². The summed E-state index contributed by atoms with van der Waals surface area (Å²) < 4.78 is 0. The Labute approximate surface area is 188 Å². The number of nitrogens with zero attached hydrogens (tertiary/aromatic N) is 1. The largest absolute Gasteiger partial charge is 0.391 e. The zero-order valence-corrected chi connectivity index (χ0v) is 19.5. The topological polar surface area (TPSA) is 64.8 Å². The number of pyridine rings is 1. The van der Waals surface area contributed by atoms with E-state index in [1.165, 1.54) is 40.6 Å². The van der Waals surface area contributed by atoms with Gasteiger partial charge < -0.3 is 20.9 Å². The third-order valence-corrected chi connectivity index (χ3v) is 4.71. The van der Waals surface area contributed by atoms with Crippen LogP contribution >= 0.6 is 0 Å². The van der Waals surface area contributed by atoms with E-state index in [0.717, 1.165) is 13.1 Å². The average Bonchev–Trinajstić information content (AvgIpc) is 3.18. The number of fused-ring (bicyclic) bond motifs is 1. The summed E-state index contributed by atoms with van der Waals surface area (Å²) in [4.78, 5) is 7.19. The summed E-state index contributed by atoms with van der Waals surface area (Å²) in [7, 11) is 1.99. The monoisotopic (exact) mass is 421 g/mol. The van der Waals surface area contributed by atoms with Crippen molar-refractivity contribution >= 4 is 10.9 Å². The molecule has 0 saturated heterocycles. The molecule has 0 radical (unpaired) electrons. The number of H-pyrrole nitrogens is 1. The van der Waals surface area contributed by atoms with Crippen LogP contribution in [0.1, 0.15) is 36.6 Å². The SMILES string of the molecule is C=CNCCCC(C)NC.C=CNCc1cc2cc(C)ccc2[nH]1.Cc1ccncc1. The van der Waals surface area contributed by atoms with Gasteiger partial charge in [0, 0.05) is 36.2 Å². The van der Waals surface area contributed by atoms with Crippen LogP contribution in [0.25, 0.3) is 10.9 Å². The molecule has 1 aromatic carbocycles. The molecular weight excluding hydrogens is 382 g/mol. The molecule has 3 rings (SSSR count). The van der Waals surface area contributed by atoms with Crippen LogP contribution in [0.5, 0.6) is 0 Å². The van der Waals surface area contributed by atoms with Gasteiger partial charge in [-0.2, -0.15) is 0 Å². The minimum atomic E-state index is 0.631. The highest BCUT2D eigenvalue weighted by atomic mass is 14.9. The van der Waals surface area contributed by atoms with E-state index in [9.17, 15) is 0 Å². The lowest BCUT2D eigenvalue weighted by molar-refractivity contribution is 0.536. The third-order valence-electron chi connectivity index (χ3n) is 4.71. The van der Waals surface area contributed by atoms with Crippen molar-refractivity contribution in [3.63, 3.8) is 0 Å². The van der Waals surface area contributed by atoms with Crippen molar-refractivity contribution in [3.05, 3.63) is 91.2 Å². The molecule has 5 heteroatoms. The summed E-state index contributed by atoms with van der Waals surface area (Å²) in [5, 5.41) is 10.6. The van der Waals surface area contributed by atoms with Crippen molar-refractivity contribution in [1.82, 2.24) is 25.9 Å². The molecule has 0 aliphatic carbocycles. The zero-order chi connectivity index (χ0) is 22.9. The van der Waals surface area contributed by atoms with Crippen molar-refractivity contribution < 1.29 is 0 Å². The molecule has 3 aromatic rings. The number of nitrogens with one attached hydrogen (secondary N) is 4. The van der Waals surface area contributed by atoms with Crippen LogP contribution in [0.3, 0.4) is 0 Å².